The predicted molar refractivity (Wildman–Crippen MR) is 105 cm³/mol. The molecule has 128 valence electrons. The van der Waals surface area contributed by atoms with Crippen LogP contribution in [0.3, 0.4) is 0 Å². The van der Waals surface area contributed by atoms with Crippen molar-refractivity contribution in [2.24, 2.45) is 0 Å². The van der Waals surface area contributed by atoms with Gasteiger partial charge in [0.1, 0.15) is 5.69 Å². The third-order valence-electron chi connectivity index (χ3n) is 4.59. The number of aromatic nitrogens is 1. The Balaban J connectivity index is 1.54. The summed E-state index contributed by atoms with van der Waals surface area (Å²) >= 11 is 1.86. The summed E-state index contributed by atoms with van der Waals surface area (Å²) in [4.78, 5) is 16.1. The fraction of sp³-hybridized carbons (Fsp3) is 0.250. The second-order valence-electron chi connectivity index (χ2n) is 6.47. The standard InChI is InChI=1S/C20H21N3OS/c1-22(2)16-8-6-14(7-9-16)13-21-20(24)17-12-15-4-3-5-18-19(15)23(17)10-11-25-18/h3-9,12H,10-11,13H2,1-2H3,(H,21,24). The monoisotopic (exact) mass is 351 g/mol. The van der Waals surface area contributed by atoms with Crippen LogP contribution in [0.2, 0.25) is 0 Å². The van der Waals surface area contributed by atoms with Crippen LogP contribution < -0.4 is 10.2 Å². The first-order valence-electron chi connectivity index (χ1n) is 8.43. The molecular weight excluding hydrogens is 330 g/mol. The molecule has 0 spiro atoms. The summed E-state index contributed by atoms with van der Waals surface area (Å²) in [5.41, 5.74) is 4.21. The van der Waals surface area contributed by atoms with Crippen molar-refractivity contribution in [3.63, 3.8) is 0 Å². The van der Waals surface area contributed by atoms with E-state index in [9.17, 15) is 4.79 Å². The number of hydrogen-bond donors (Lipinski definition) is 1. The van der Waals surface area contributed by atoms with Gasteiger partial charge in [0.25, 0.3) is 5.91 Å². The van der Waals surface area contributed by atoms with Gasteiger partial charge in [0.05, 0.1) is 5.52 Å². The van der Waals surface area contributed by atoms with Gasteiger partial charge < -0.3 is 14.8 Å². The molecule has 1 N–H and O–H groups in total. The number of anilines is 1. The molecule has 1 aliphatic rings. The number of amides is 1. The van der Waals surface area contributed by atoms with Crippen molar-refractivity contribution in [3.8, 4) is 0 Å². The number of rotatable bonds is 4. The maximum Gasteiger partial charge on any atom is 0.268 e. The molecule has 0 atom stereocenters. The Kier molecular flexibility index (Phi) is 4.17. The van der Waals surface area contributed by atoms with E-state index in [0.717, 1.165) is 34.6 Å². The number of benzene rings is 2. The molecule has 0 aliphatic carbocycles. The van der Waals surface area contributed by atoms with Crippen LogP contribution in [0.25, 0.3) is 10.9 Å². The van der Waals surface area contributed by atoms with E-state index in [1.807, 2.05) is 31.9 Å². The molecule has 4 rings (SSSR count). The van der Waals surface area contributed by atoms with Gasteiger partial charge in [-0.25, -0.2) is 0 Å². The van der Waals surface area contributed by atoms with Crippen LogP contribution in [-0.2, 0) is 13.1 Å². The van der Waals surface area contributed by atoms with Gasteiger partial charge in [-0.05, 0) is 29.8 Å². The average Bonchev–Trinajstić information content (AvgIpc) is 3.01. The highest BCUT2D eigenvalue weighted by molar-refractivity contribution is 7.99. The fourth-order valence-electron chi connectivity index (χ4n) is 3.26. The molecule has 0 unspecified atom stereocenters. The zero-order valence-electron chi connectivity index (χ0n) is 14.5. The summed E-state index contributed by atoms with van der Waals surface area (Å²) in [5, 5.41) is 4.21. The second-order valence-corrected chi connectivity index (χ2v) is 7.60. The topological polar surface area (TPSA) is 37.3 Å². The van der Waals surface area contributed by atoms with E-state index in [4.69, 9.17) is 0 Å². The zero-order valence-corrected chi connectivity index (χ0v) is 15.3. The molecular formula is C20H21N3OS. The zero-order chi connectivity index (χ0) is 17.4. The maximum atomic E-state index is 12.7. The van der Waals surface area contributed by atoms with E-state index in [-0.39, 0.29) is 5.91 Å². The molecule has 1 aromatic heterocycles. The van der Waals surface area contributed by atoms with Crippen LogP contribution in [0, 0.1) is 0 Å². The van der Waals surface area contributed by atoms with E-state index < -0.39 is 0 Å². The summed E-state index contributed by atoms with van der Waals surface area (Å²) in [6.07, 6.45) is 0. The minimum atomic E-state index is -0.00858. The number of para-hydroxylation sites is 1. The molecule has 0 radical (unpaired) electrons. The minimum Gasteiger partial charge on any atom is -0.378 e. The van der Waals surface area contributed by atoms with Crippen molar-refractivity contribution < 1.29 is 4.79 Å². The van der Waals surface area contributed by atoms with E-state index in [1.54, 1.807) is 0 Å². The summed E-state index contributed by atoms with van der Waals surface area (Å²) in [6.45, 7) is 1.42. The highest BCUT2D eigenvalue weighted by atomic mass is 32.2. The molecule has 0 saturated heterocycles. The number of nitrogens with one attached hydrogen (secondary N) is 1. The molecule has 1 amide bonds. The molecule has 0 fully saturated rings. The van der Waals surface area contributed by atoms with Crippen LogP contribution in [0.4, 0.5) is 5.69 Å². The summed E-state index contributed by atoms with van der Waals surface area (Å²) in [5.74, 6) is 0.998. The molecule has 1 aliphatic heterocycles. The van der Waals surface area contributed by atoms with Gasteiger partial charge in [-0.15, -0.1) is 11.8 Å². The van der Waals surface area contributed by atoms with Gasteiger partial charge in [0.15, 0.2) is 0 Å². The van der Waals surface area contributed by atoms with Gasteiger partial charge >= 0.3 is 0 Å². The van der Waals surface area contributed by atoms with Crippen LogP contribution >= 0.6 is 11.8 Å². The van der Waals surface area contributed by atoms with E-state index >= 15 is 0 Å². The summed E-state index contributed by atoms with van der Waals surface area (Å²) < 4.78 is 2.16. The van der Waals surface area contributed by atoms with Crippen molar-refractivity contribution in [2.45, 2.75) is 18.0 Å². The van der Waals surface area contributed by atoms with Crippen LogP contribution in [0.15, 0.2) is 53.4 Å². The SMILES string of the molecule is CN(C)c1ccc(CNC(=O)c2cc3cccc4c3n2CCS4)cc1. The van der Waals surface area contributed by atoms with Crippen molar-refractivity contribution in [1.82, 2.24) is 9.88 Å². The minimum absolute atomic E-state index is 0.00858. The van der Waals surface area contributed by atoms with Crippen molar-refractivity contribution >= 4 is 34.3 Å². The van der Waals surface area contributed by atoms with Gasteiger partial charge in [-0.2, -0.15) is 0 Å². The number of hydrogen-bond acceptors (Lipinski definition) is 3. The third-order valence-corrected chi connectivity index (χ3v) is 5.62. The van der Waals surface area contributed by atoms with Crippen molar-refractivity contribution in [1.29, 1.82) is 0 Å². The number of aryl methyl sites for hydroxylation is 1. The average molecular weight is 351 g/mol. The third kappa shape index (κ3) is 3.00. The predicted octanol–water partition coefficient (Wildman–Crippen LogP) is 3.74. The van der Waals surface area contributed by atoms with Gasteiger partial charge in [0, 0.05) is 48.9 Å². The van der Waals surface area contributed by atoms with E-state index in [2.05, 4.69) is 57.2 Å². The number of carbonyl (C=O) groups excluding carboxylic acids is 1. The lowest BCUT2D eigenvalue weighted by Crippen LogP contribution is -2.26. The highest BCUT2D eigenvalue weighted by Crippen LogP contribution is 2.34. The van der Waals surface area contributed by atoms with Crippen molar-refractivity contribution in [2.75, 3.05) is 24.7 Å². The van der Waals surface area contributed by atoms with Crippen LogP contribution in [0.1, 0.15) is 16.1 Å². The van der Waals surface area contributed by atoms with E-state index in [0.29, 0.717) is 6.54 Å². The molecule has 4 nitrogen and oxygen atoms in total. The smallest absolute Gasteiger partial charge is 0.268 e. The maximum absolute atomic E-state index is 12.7. The van der Waals surface area contributed by atoms with Gasteiger partial charge in [-0.1, -0.05) is 24.3 Å². The number of thioether (sulfide) groups is 1. The quantitative estimate of drug-likeness (QED) is 0.778. The highest BCUT2D eigenvalue weighted by Gasteiger charge is 2.20. The van der Waals surface area contributed by atoms with Crippen LogP contribution in [-0.4, -0.2) is 30.3 Å². The molecule has 2 heterocycles. The Bertz CT molecular complexity index is 928. The first kappa shape index (κ1) is 16.1. The Labute approximate surface area is 151 Å². The van der Waals surface area contributed by atoms with Gasteiger partial charge in [-0.3, -0.25) is 4.79 Å². The normalized spacial score (nSPS) is 13.0. The van der Waals surface area contributed by atoms with Crippen molar-refractivity contribution in [3.05, 3.63) is 59.8 Å². The second kappa shape index (κ2) is 6.48. The summed E-state index contributed by atoms with van der Waals surface area (Å²) in [7, 11) is 4.04. The first-order valence-corrected chi connectivity index (χ1v) is 9.41. The molecule has 5 heteroatoms. The number of carbonyl (C=O) groups is 1. The van der Waals surface area contributed by atoms with Crippen LogP contribution in [0.5, 0.6) is 0 Å². The molecule has 2 aromatic carbocycles. The van der Waals surface area contributed by atoms with Gasteiger partial charge in [0.2, 0.25) is 0 Å². The first-order chi connectivity index (χ1) is 12.1. The Morgan fingerprint density at radius 1 is 1.20 bits per heavy atom. The lowest BCUT2D eigenvalue weighted by molar-refractivity contribution is 0.0942. The fourth-order valence-corrected chi connectivity index (χ4v) is 4.29. The lowest BCUT2D eigenvalue weighted by atomic mass is 10.2. The Hall–Kier alpha value is -2.40. The lowest BCUT2D eigenvalue weighted by Gasteiger charge is -2.17. The largest absolute Gasteiger partial charge is 0.378 e. The summed E-state index contributed by atoms with van der Waals surface area (Å²) in [6, 6.07) is 16.5. The molecule has 0 saturated carbocycles. The molecule has 3 aromatic rings. The Morgan fingerprint density at radius 2 is 2.00 bits per heavy atom. The molecule has 0 bridgehead atoms. The van der Waals surface area contributed by atoms with E-state index in [1.165, 1.54) is 10.4 Å². The number of nitrogens with zero attached hydrogens (tertiary/aromatic N) is 2. The molecule has 25 heavy (non-hydrogen) atoms. The Morgan fingerprint density at radius 3 is 2.76 bits per heavy atom.